The minimum absolute atomic E-state index is 0.0879. The van der Waals surface area contributed by atoms with Crippen LogP contribution in [0, 0.1) is 18.2 Å². The fourth-order valence-electron chi connectivity index (χ4n) is 2.33. The van der Waals surface area contributed by atoms with E-state index in [2.05, 4.69) is 25.2 Å². The van der Waals surface area contributed by atoms with Crippen LogP contribution in [-0.2, 0) is 0 Å². The lowest BCUT2D eigenvalue weighted by molar-refractivity contribution is 0.365. The van der Waals surface area contributed by atoms with E-state index in [0.29, 0.717) is 11.5 Å². The van der Waals surface area contributed by atoms with Gasteiger partial charge in [0.25, 0.3) is 0 Å². The summed E-state index contributed by atoms with van der Waals surface area (Å²) >= 11 is 0. The highest BCUT2D eigenvalue weighted by molar-refractivity contribution is 5.28. The van der Waals surface area contributed by atoms with E-state index < -0.39 is 0 Å². The van der Waals surface area contributed by atoms with E-state index in [1.807, 2.05) is 13.0 Å². The molecule has 1 nitrogen and oxygen atoms in total. The van der Waals surface area contributed by atoms with Crippen LogP contribution in [0.4, 0.5) is 4.39 Å². The fraction of sp³-hybridized carbons (Fsp3) is 0.600. The molecule has 0 saturated heterocycles. The molecule has 1 saturated carbocycles. The van der Waals surface area contributed by atoms with Crippen molar-refractivity contribution in [3.8, 4) is 0 Å². The molecule has 2 rings (SSSR count). The minimum Gasteiger partial charge on any atom is -0.309 e. The molecule has 0 radical (unpaired) electrons. The molecule has 2 heteroatoms. The lowest BCUT2D eigenvalue weighted by Crippen LogP contribution is -2.28. The summed E-state index contributed by atoms with van der Waals surface area (Å²) in [7, 11) is 0. The van der Waals surface area contributed by atoms with E-state index in [1.54, 1.807) is 6.07 Å². The lowest BCUT2D eigenvalue weighted by atomic mass is 9.91. The molecule has 94 valence electrons. The van der Waals surface area contributed by atoms with Crippen molar-refractivity contribution in [1.82, 2.24) is 5.32 Å². The molecule has 1 aromatic rings. The first kappa shape index (κ1) is 12.6. The van der Waals surface area contributed by atoms with Crippen molar-refractivity contribution in [2.45, 2.75) is 46.1 Å². The molecule has 1 aromatic carbocycles. The third-order valence-electron chi connectivity index (χ3n) is 3.86. The number of benzene rings is 1. The van der Waals surface area contributed by atoms with Crippen LogP contribution in [0.25, 0.3) is 0 Å². The van der Waals surface area contributed by atoms with Gasteiger partial charge in [0.05, 0.1) is 0 Å². The summed E-state index contributed by atoms with van der Waals surface area (Å²) in [6.45, 7) is 7.26. The number of aryl methyl sites for hydroxylation is 1. The second-order valence-electron chi connectivity index (χ2n) is 5.55. The lowest BCUT2D eigenvalue weighted by Gasteiger charge is -2.25. The Morgan fingerprint density at radius 3 is 2.65 bits per heavy atom. The first-order chi connectivity index (χ1) is 8.07. The Bertz CT molecular complexity index is 396. The zero-order valence-corrected chi connectivity index (χ0v) is 11.0. The van der Waals surface area contributed by atoms with Gasteiger partial charge in [0, 0.05) is 6.04 Å². The van der Waals surface area contributed by atoms with Crippen molar-refractivity contribution < 1.29 is 4.39 Å². The summed E-state index contributed by atoms with van der Waals surface area (Å²) in [5, 5.41) is 3.57. The predicted octanol–water partition coefficient (Wildman–Crippen LogP) is 3.97. The van der Waals surface area contributed by atoms with E-state index >= 15 is 0 Å². The average molecular weight is 235 g/mol. The maximum absolute atomic E-state index is 13.6. The predicted molar refractivity (Wildman–Crippen MR) is 69.5 cm³/mol. The molecular weight excluding hydrogens is 213 g/mol. The molecule has 1 fully saturated rings. The molecule has 1 aliphatic rings. The van der Waals surface area contributed by atoms with Gasteiger partial charge in [0.15, 0.2) is 0 Å². The van der Waals surface area contributed by atoms with Crippen LogP contribution in [0.5, 0.6) is 0 Å². The summed E-state index contributed by atoms with van der Waals surface area (Å²) in [5.74, 6) is -0.0879. The van der Waals surface area contributed by atoms with Crippen molar-refractivity contribution in [2.75, 3.05) is 6.54 Å². The van der Waals surface area contributed by atoms with Gasteiger partial charge in [-0.25, -0.2) is 4.39 Å². The van der Waals surface area contributed by atoms with Gasteiger partial charge in [0.1, 0.15) is 5.82 Å². The third-order valence-corrected chi connectivity index (χ3v) is 3.86. The third kappa shape index (κ3) is 2.68. The van der Waals surface area contributed by atoms with Crippen molar-refractivity contribution in [2.24, 2.45) is 5.41 Å². The Balaban J connectivity index is 2.22. The molecule has 1 unspecified atom stereocenters. The van der Waals surface area contributed by atoms with Crippen LogP contribution in [0.15, 0.2) is 18.2 Å². The summed E-state index contributed by atoms with van der Waals surface area (Å²) in [6, 6.07) is 5.95. The van der Waals surface area contributed by atoms with E-state index in [0.717, 1.165) is 24.1 Å². The van der Waals surface area contributed by atoms with Gasteiger partial charge in [-0.05, 0) is 55.3 Å². The van der Waals surface area contributed by atoms with Gasteiger partial charge in [-0.1, -0.05) is 26.0 Å². The first-order valence-corrected chi connectivity index (χ1v) is 6.56. The van der Waals surface area contributed by atoms with Crippen molar-refractivity contribution in [3.63, 3.8) is 0 Å². The zero-order chi connectivity index (χ0) is 12.5. The standard InChI is InChI=1S/C15H22FN/c1-4-9-17-14(15(3)7-8-15)12-6-5-11(2)13(16)10-12/h5-6,10,14,17H,4,7-9H2,1-3H3. The van der Waals surface area contributed by atoms with Gasteiger partial charge < -0.3 is 5.32 Å². The normalized spacial score (nSPS) is 19.1. The van der Waals surface area contributed by atoms with Gasteiger partial charge in [0.2, 0.25) is 0 Å². The summed E-state index contributed by atoms with van der Waals surface area (Å²) < 4.78 is 13.6. The summed E-state index contributed by atoms with van der Waals surface area (Å²) in [6.07, 6.45) is 3.59. The van der Waals surface area contributed by atoms with Crippen molar-refractivity contribution >= 4 is 0 Å². The van der Waals surface area contributed by atoms with Crippen LogP contribution in [0.3, 0.4) is 0 Å². The molecular formula is C15H22FN. The molecule has 1 N–H and O–H groups in total. The Labute approximate surface area is 103 Å². The van der Waals surface area contributed by atoms with Crippen LogP contribution < -0.4 is 5.32 Å². The van der Waals surface area contributed by atoms with Gasteiger partial charge in [-0.2, -0.15) is 0 Å². The second-order valence-corrected chi connectivity index (χ2v) is 5.55. The molecule has 1 atom stereocenters. The smallest absolute Gasteiger partial charge is 0.126 e. The highest BCUT2D eigenvalue weighted by Gasteiger charge is 2.45. The molecule has 1 aliphatic carbocycles. The SMILES string of the molecule is CCCNC(c1ccc(C)c(F)c1)C1(C)CC1. The Kier molecular flexibility index (Phi) is 3.53. The topological polar surface area (TPSA) is 12.0 Å². The Hall–Kier alpha value is -0.890. The number of hydrogen-bond acceptors (Lipinski definition) is 1. The molecule has 0 aliphatic heterocycles. The van der Waals surface area contributed by atoms with Crippen LogP contribution in [-0.4, -0.2) is 6.54 Å². The number of rotatable bonds is 5. The summed E-state index contributed by atoms with van der Waals surface area (Å²) in [5.41, 5.74) is 2.15. The molecule has 0 aromatic heterocycles. The van der Waals surface area contributed by atoms with E-state index in [-0.39, 0.29) is 5.82 Å². The molecule has 0 heterocycles. The minimum atomic E-state index is -0.0879. The van der Waals surface area contributed by atoms with Crippen molar-refractivity contribution in [1.29, 1.82) is 0 Å². The zero-order valence-electron chi connectivity index (χ0n) is 11.0. The maximum atomic E-state index is 13.6. The molecule has 17 heavy (non-hydrogen) atoms. The van der Waals surface area contributed by atoms with Crippen LogP contribution in [0.2, 0.25) is 0 Å². The monoisotopic (exact) mass is 235 g/mol. The van der Waals surface area contributed by atoms with Gasteiger partial charge >= 0.3 is 0 Å². The number of hydrogen-bond donors (Lipinski definition) is 1. The highest BCUT2D eigenvalue weighted by atomic mass is 19.1. The fourth-order valence-corrected chi connectivity index (χ4v) is 2.33. The number of halogens is 1. The largest absolute Gasteiger partial charge is 0.309 e. The van der Waals surface area contributed by atoms with Crippen LogP contribution in [0.1, 0.15) is 50.3 Å². The van der Waals surface area contributed by atoms with E-state index in [4.69, 9.17) is 0 Å². The second kappa shape index (κ2) is 4.77. The average Bonchev–Trinajstić information content (AvgIpc) is 3.03. The van der Waals surface area contributed by atoms with Crippen molar-refractivity contribution in [3.05, 3.63) is 35.1 Å². The first-order valence-electron chi connectivity index (χ1n) is 6.56. The quantitative estimate of drug-likeness (QED) is 0.814. The maximum Gasteiger partial charge on any atom is 0.126 e. The Morgan fingerprint density at radius 1 is 1.41 bits per heavy atom. The Morgan fingerprint density at radius 2 is 2.12 bits per heavy atom. The van der Waals surface area contributed by atoms with E-state index in [9.17, 15) is 4.39 Å². The molecule has 0 bridgehead atoms. The summed E-state index contributed by atoms with van der Waals surface area (Å²) in [4.78, 5) is 0. The molecule has 0 spiro atoms. The van der Waals surface area contributed by atoms with Gasteiger partial charge in [-0.3, -0.25) is 0 Å². The number of nitrogens with one attached hydrogen (secondary N) is 1. The van der Waals surface area contributed by atoms with Gasteiger partial charge in [-0.15, -0.1) is 0 Å². The highest BCUT2D eigenvalue weighted by Crippen LogP contribution is 2.54. The van der Waals surface area contributed by atoms with Crippen LogP contribution >= 0.6 is 0 Å². The van der Waals surface area contributed by atoms with E-state index in [1.165, 1.54) is 12.8 Å². The molecule has 0 amide bonds.